The third-order valence-corrected chi connectivity index (χ3v) is 3.95. The minimum absolute atomic E-state index is 0.0267. The van der Waals surface area contributed by atoms with E-state index in [0.717, 1.165) is 27.1 Å². The zero-order valence-corrected chi connectivity index (χ0v) is 14.5. The van der Waals surface area contributed by atoms with Gasteiger partial charge >= 0.3 is 0 Å². The van der Waals surface area contributed by atoms with E-state index in [1.807, 2.05) is 44.2 Å². The summed E-state index contributed by atoms with van der Waals surface area (Å²) in [5.74, 6) is 0.360. The lowest BCUT2D eigenvalue weighted by molar-refractivity contribution is -0.116. The maximum atomic E-state index is 11.9. The number of rotatable bonds is 4. The van der Waals surface area contributed by atoms with Crippen LogP contribution in [0, 0.1) is 5.92 Å². The maximum absolute atomic E-state index is 11.9. The summed E-state index contributed by atoms with van der Waals surface area (Å²) in [4.78, 5) is 16.3. The van der Waals surface area contributed by atoms with E-state index in [0.29, 0.717) is 12.3 Å². The van der Waals surface area contributed by atoms with Gasteiger partial charge in [-0.05, 0) is 40.0 Å². The zero-order chi connectivity index (χ0) is 16.4. The van der Waals surface area contributed by atoms with Crippen molar-refractivity contribution in [3.8, 4) is 11.3 Å². The predicted octanol–water partition coefficient (Wildman–Crippen LogP) is 4.14. The summed E-state index contributed by atoms with van der Waals surface area (Å²) < 4.78 is 2.62. The van der Waals surface area contributed by atoms with Gasteiger partial charge in [0, 0.05) is 23.9 Å². The molecule has 5 nitrogen and oxygen atoms in total. The monoisotopic (exact) mass is 372 g/mol. The van der Waals surface area contributed by atoms with Crippen LogP contribution in [0.5, 0.6) is 0 Å². The van der Waals surface area contributed by atoms with E-state index in [9.17, 15) is 4.79 Å². The molecular weight excluding hydrogens is 356 g/mol. The molecule has 3 rings (SSSR count). The average molecular weight is 373 g/mol. The largest absolute Gasteiger partial charge is 0.326 e. The number of fused-ring (bicyclic) bond motifs is 1. The Labute approximate surface area is 142 Å². The number of nitrogens with zero attached hydrogens (tertiary/aromatic N) is 3. The lowest BCUT2D eigenvalue weighted by Gasteiger charge is -2.10. The fourth-order valence-electron chi connectivity index (χ4n) is 2.42. The van der Waals surface area contributed by atoms with Crippen molar-refractivity contribution in [2.45, 2.75) is 20.3 Å². The highest BCUT2D eigenvalue weighted by atomic mass is 79.9. The minimum atomic E-state index is 0.0267. The average Bonchev–Trinajstić information content (AvgIpc) is 2.88. The second-order valence-electron chi connectivity index (χ2n) is 5.78. The molecule has 1 amide bonds. The molecule has 0 atom stereocenters. The van der Waals surface area contributed by atoms with E-state index in [1.54, 1.807) is 16.9 Å². The molecule has 118 valence electrons. The third-order valence-electron chi connectivity index (χ3n) is 3.39. The first-order valence-corrected chi connectivity index (χ1v) is 8.22. The van der Waals surface area contributed by atoms with Crippen LogP contribution in [0.2, 0.25) is 0 Å². The van der Waals surface area contributed by atoms with Gasteiger partial charge in [0.05, 0.1) is 16.4 Å². The van der Waals surface area contributed by atoms with Crippen LogP contribution in [-0.4, -0.2) is 20.5 Å². The van der Waals surface area contributed by atoms with E-state index in [-0.39, 0.29) is 5.91 Å². The lowest BCUT2D eigenvalue weighted by atomic mass is 10.1. The van der Waals surface area contributed by atoms with Crippen molar-refractivity contribution in [1.29, 1.82) is 0 Å². The predicted molar refractivity (Wildman–Crippen MR) is 94.2 cm³/mol. The van der Waals surface area contributed by atoms with Crippen LogP contribution in [0.4, 0.5) is 5.69 Å². The van der Waals surface area contributed by atoms with E-state index in [1.165, 1.54) is 0 Å². The Bertz CT molecular complexity index is 857. The van der Waals surface area contributed by atoms with Crippen molar-refractivity contribution in [3.05, 3.63) is 47.2 Å². The van der Waals surface area contributed by atoms with Gasteiger partial charge in [-0.15, -0.1) is 0 Å². The first-order chi connectivity index (χ1) is 11.0. The molecule has 2 heterocycles. The number of halogens is 1. The molecule has 0 unspecified atom stereocenters. The number of carbonyl (C=O) groups is 1. The zero-order valence-electron chi connectivity index (χ0n) is 13.0. The molecule has 0 bridgehead atoms. The van der Waals surface area contributed by atoms with Gasteiger partial charge < -0.3 is 5.32 Å². The molecule has 0 spiro atoms. The fourth-order valence-corrected chi connectivity index (χ4v) is 2.78. The van der Waals surface area contributed by atoms with E-state index in [4.69, 9.17) is 0 Å². The Morgan fingerprint density at radius 3 is 2.96 bits per heavy atom. The molecule has 0 aliphatic heterocycles. The van der Waals surface area contributed by atoms with Crippen molar-refractivity contribution in [2.75, 3.05) is 5.32 Å². The fraction of sp³-hybridized carbons (Fsp3) is 0.235. The first kappa shape index (κ1) is 15.7. The topological polar surface area (TPSA) is 59.3 Å². The van der Waals surface area contributed by atoms with Crippen LogP contribution < -0.4 is 5.32 Å². The van der Waals surface area contributed by atoms with Gasteiger partial charge in [-0.25, -0.2) is 9.50 Å². The molecule has 0 radical (unpaired) electrons. The standard InChI is InChI=1S/C17H17BrN4O/c1-11(2)8-16(23)21-13-5-3-4-12(9-13)15-6-7-19-17-14(18)10-20-22(15)17/h3-7,9-11H,8H2,1-2H3,(H,21,23). The highest BCUT2D eigenvalue weighted by Gasteiger charge is 2.10. The molecule has 1 N–H and O–H groups in total. The van der Waals surface area contributed by atoms with Gasteiger partial charge in [-0.2, -0.15) is 5.10 Å². The Morgan fingerprint density at radius 1 is 1.35 bits per heavy atom. The van der Waals surface area contributed by atoms with Crippen molar-refractivity contribution < 1.29 is 4.79 Å². The number of anilines is 1. The smallest absolute Gasteiger partial charge is 0.224 e. The number of amides is 1. The molecule has 23 heavy (non-hydrogen) atoms. The molecule has 1 aromatic carbocycles. The maximum Gasteiger partial charge on any atom is 0.224 e. The second-order valence-corrected chi connectivity index (χ2v) is 6.64. The van der Waals surface area contributed by atoms with Crippen molar-refractivity contribution >= 4 is 33.2 Å². The van der Waals surface area contributed by atoms with Gasteiger partial charge in [0.25, 0.3) is 0 Å². The van der Waals surface area contributed by atoms with Crippen LogP contribution in [0.25, 0.3) is 16.9 Å². The quantitative estimate of drug-likeness (QED) is 0.748. The van der Waals surface area contributed by atoms with Crippen LogP contribution in [0.15, 0.2) is 47.2 Å². The summed E-state index contributed by atoms with van der Waals surface area (Å²) in [6.07, 6.45) is 3.98. The lowest BCUT2D eigenvalue weighted by Crippen LogP contribution is -2.13. The summed E-state index contributed by atoms with van der Waals surface area (Å²) in [6.45, 7) is 4.05. The van der Waals surface area contributed by atoms with Crippen molar-refractivity contribution in [1.82, 2.24) is 14.6 Å². The van der Waals surface area contributed by atoms with E-state index >= 15 is 0 Å². The van der Waals surface area contributed by atoms with E-state index < -0.39 is 0 Å². The second kappa shape index (κ2) is 6.50. The molecule has 6 heteroatoms. The van der Waals surface area contributed by atoms with E-state index in [2.05, 4.69) is 31.3 Å². The number of hydrogen-bond donors (Lipinski definition) is 1. The molecule has 0 aliphatic rings. The van der Waals surface area contributed by atoms with Gasteiger partial charge in [0.1, 0.15) is 0 Å². The van der Waals surface area contributed by atoms with Crippen LogP contribution in [0.3, 0.4) is 0 Å². The number of nitrogens with one attached hydrogen (secondary N) is 1. The van der Waals surface area contributed by atoms with Crippen LogP contribution in [0.1, 0.15) is 20.3 Å². The van der Waals surface area contributed by atoms with Crippen molar-refractivity contribution in [3.63, 3.8) is 0 Å². The number of aromatic nitrogens is 3. The van der Waals surface area contributed by atoms with Gasteiger partial charge in [-0.1, -0.05) is 26.0 Å². The van der Waals surface area contributed by atoms with Gasteiger partial charge in [-0.3, -0.25) is 4.79 Å². The highest BCUT2D eigenvalue weighted by molar-refractivity contribution is 9.10. The normalized spacial score (nSPS) is 11.1. The first-order valence-electron chi connectivity index (χ1n) is 7.43. The van der Waals surface area contributed by atoms with Crippen LogP contribution >= 0.6 is 15.9 Å². The summed E-state index contributed by atoms with van der Waals surface area (Å²) in [6, 6.07) is 9.65. The summed E-state index contributed by atoms with van der Waals surface area (Å²) in [5.41, 5.74) is 3.43. The highest BCUT2D eigenvalue weighted by Crippen LogP contribution is 2.25. The molecule has 0 aliphatic carbocycles. The number of hydrogen-bond acceptors (Lipinski definition) is 3. The Balaban J connectivity index is 1.94. The Kier molecular flexibility index (Phi) is 4.43. The van der Waals surface area contributed by atoms with Crippen LogP contribution in [-0.2, 0) is 4.79 Å². The SMILES string of the molecule is CC(C)CC(=O)Nc1cccc(-c2ccnc3c(Br)cnn23)c1. The number of carbonyl (C=O) groups excluding carboxylic acids is 1. The Hall–Kier alpha value is -2.21. The molecule has 3 aromatic rings. The van der Waals surface area contributed by atoms with Crippen molar-refractivity contribution in [2.24, 2.45) is 5.92 Å². The third kappa shape index (κ3) is 3.42. The minimum Gasteiger partial charge on any atom is -0.326 e. The summed E-state index contributed by atoms with van der Waals surface area (Å²) in [7, 11) is 0. The number of benzene rings is 1. The molecule has 2 aromatic heterocycles. The molecular formula is C17H17BrN4O. The molecule has 0 fully saturated rings. The summed E-state index contributed by atoms with van der Waals surface area (Å²) >= 11 is 3.44. The summed E-state index contributed by atoms with van der Waals surface area (Å²) in [5, 5.41) is 7.29. The Morgan fingerprint density at radius 2 is 2.17 bits per heavy atom. The molecule has 0 saturated heterocycles. The molecule has 0 saturated carbocycles. The van der Waals surface area contributed by atoms with Gasteiger partial charge in [0.2, 0.25) is 5.91 Å². The van der Waals surface area contributed by atoms with Gasteiger partial charge in [0.15, 0.2) is 5.65 Å².